The number of aromatic nitrogens is 4. The smallest absolute Gasteiger partial charge is 0.209 e. The van der Waals surface area contributed by atoms with E-state index in [1.165, 1.54) is 6.33 Å². The van der Waals surface area contributed by atoms with E-state index in [9.17, 15) is 4.79 Å². The molecule has 7 nitrogen and oxygen atoms in total. The van der Waals surface area contributed by atoms with Gasteiger partial charge in [-0.05, 0) is 28.6 Å². The second-order valence-electron chi connectivity index (χ2n) is 7.35. The van der Waals surface area contributed by atoms with Crippen molar-refractivity contribution in [2.75, 3.05) is 11.1 Å². The van der Waals surface area contributed by atoms with Crippen LogP contribution in [0.5, 0.6) is 0 Å². The summed E-state index contributed by atoms with van der Waals surface area (Å²) in [7, 11) is 1.88. The number of hydrogen-bond donors (Lipinski definition) is 2. The van der Waals surface area contributed by atoms with Crippen molar-refractivity contribution in [1.29, 1.82) is 0 Å². The van der Waals surface area contributed by atoms with Gasteiger partial charge in [-0.25, -0.2) is 15.0 Å². The van der Waals surface area contributed by atoms with Crippen molar-refractivity contribution in [2.45, 2.75) is 0 Å². The maximum Gasteiger partial charge on any atom is 0.209 e. The van der Waals surface area contributed by atoms with Crippen molar-refractivity contribution >= 4 is 45.2 Å². The maximum atomic E-state index is 13.0. The van der Waals surface area contributed by atoms with Crippen molar-refractivity contribution in [2.24, 2.45) is 7.05 Å². The zero-order valence-electron chi connectivity index (χ0n) is 16.0. The third kappa shape index (κ3) is 2.20. The van der Waals surface area contributed by atoms with Crippen LogP contribution in [-0.4, -0.2) is 25.3 Å². The van der Waals surface area contributed by atoms with Crippen LogP contribution in [0.1, 0.15) is 15.9 Å². The number of benzene rings is 3. The van der Waals surface area contributed by atoms with E-state index < -0.39 is 0 Å². The van der Waals surface area contributed by atoms with Gasteiger partial charge in [0.25, 0.3) is 0 Å². The van der Waals surface area contributed by atoms with Gasteiger partial charge < -0.3 is 11.1 Å². The Morgan fingerprint density at radius 1 is 0.933 bits per heavy atom. The number of nitrogens with one attached hydrogen (secondary N) is 1. The average Bonchev–Trinajstić information content (AvgIpc) is 3.08. The lowest BCUT2D eigenvalue weighted by molar-refractivity contribution is 0.104. The van der Waals surface area contributed by atoms with Crippen LogP contribution >= 0.6 is 0 Å². The minimum Gasteiger partial charge on any atom is -0.382 e. The van der Waals surface area contributed by atoms with E-state index in [0.29, 0.717) is 22.9 Å². The van der Waals surface area contributed by atoms with Crippen LogP contribution in [-0.2, 0) is 7.05 Å². The first kappa shape index (κ1) is 16.7. The predicted octanol–water partition coefficient (Wildman–Crippen LogP) is 4.05. The van der Waals surface area contributed by atoms with E-state index in [4.69, 9.17) is 5.73 Å². The van der Waals surface area contributed by atoms with Crippen molar-refractivity contribution in [3.05, 3.63) is 72.1 Å². The van der Waals surface area contributed by atoms with E-state index in [2.05, 4.69) is 26.3 Å². The number of rotatable bonds is 2. The first-order valence-corrected chi connectivity index (χ1v) is 9.52. The molecule has 0 bridgehead atoms. The van der Waals surface area contributed by atoms with Crippen LogP contribution in [0.4, 0.5) is 17.5 Å². The number of nitrogen functional groups attached to an aromatic ring is 1. The molecule has 144 valence electrons. The highest BCUT2D eigenvalue weighted by Crippen LogP contribution is 2.41. The van der Waals surface area contributed by atoms with E-state index in [1.54, 1.807) is 0 Å². The summed E-state index contributed by atoms with van der Waals surface area (Å²) in [6.45, 7) is 0. The molecular formula is C23H16N6O. The van der Waals surface area contributed by atoms with Crippen LogP contribution in [0.2, 0.25) is 0 Å². The number of nitrogens with zero attached hydrogens (tertiary/aromatic N) is 4. The molecule has 7 heteroatoms. The van der Waals surface area contributed by atoms with Gasteiger partial charge in [0.05, 0.1) is 0 Å². The summed E-state index contributed by atoms with van der Waals surface area (Å²) in [5.74, 6) is 1.02. The van der Waals surface area contributed by atoms with E-state index in [0.717, 1.165) is 38.7 Å². The number of hydrogen-bond acceptors (Lipinski definition) is 6. The first-order valence-electron chi connectivity index (χ1n) is 9.52. The Labute approximate surface area is 171 Å². The number of aryl methyl sites for hydroxylation is 1. The number of ketones is 1. The third-order valence-electron chi connectivity index (χ3n) is 5.62. The van der Waals surface area contributed by atoms with Crippen LogP contribution in [0.25, 0.3) is 33.1 Å². The molecule has 30 heavy (non-hydrogen) atoms. The second kappa shape index (κ2) is 5.87. The topological polar surface area (TPSA) is 98.7 Å². The molecule has 0 unspecified atom stereocenters. The maximum absolute atomic E-state index is 13.0. The van der Waals surface area contributed by atoms with Gasteiger partial charge in [0.1, 0.15) is 6.33 Å². The Balaban J connectivity index is 1.57. The fourth-order valence-electron chi connectivity index (χ4n) is 4.22. The van der Waals surface area contributed by atoms with Crippen molar-refractivity contribution in [3.8, 4) is 11.1 Å². The second-order valence-corrected chi connectivity index (χ2v) is 7.35. The first-order chi connectivity index (χ1) is 14.6. The molecule has 3 aromatic carbocycles. The normalized spacial score (nSPS) is 12.4. The average molecular weight is 392 g/mol. The Bertz CT molecular complexity index is 1520. The lowest BCUT2D eigenvalue weighted by atomic mass is 9.82. The molecular weight excluding hydrogens is 376 g/mol. The van der Waals surface area contributed by atoms with E-state index in [-0.39, 0.29) is 5.78 Å². The Hall–Kier alpha value is -4.26. The summed E-state index contributed by atoms with van der Waals surface area (Å²) >= 11 is 0. The van der Waals surface area contributed by atoms with Crippen molar-refractivity contribution in [3.63, 3.8) is 0 Å². The Kier molecular flexibility index (Phi) is 3.26. The highest BCUT2D eigenvalue weighted by atomic mass is 16.1. The molecule has 0 aliphatic heterocycles. The van der Waals surface area contributed by atoms with Crippen LogP contribution < -0.4 is 11.1 Å². The molecule has 0 spiro atoms. The van der Waals surface area contributed by atoms with Crippen LogP contribution in [0.3, 0.4) is 0 Å². The zero-order chi connectivity index (χ0) is 20.4. The summed E-state index contributed by atoms with van der Waals surface area (Å²) in [4.78, 5) is 25.9. The van der Waals surface area contributed by atoms with Crippen LogP contribution in [0.15, 0.2) is 60.9 Å². The standard InChI is InChI=1S/C23H16N6O/c1-29-22-19(21(24)25-11-26-22)28-23(29)27-13-9-12-5-4-8-16-18(12)17(10-13)14-6-2-3-7-15(14)20(16)30/h2-11H,1H3,(H,27,28)(H2,24,25,26). The number of carbonyl (C=O) groups excluding carboxylic acids is 1. The molecule has 2 aromatic heterocycles. The van der Waals surface area contributed by atoms with Crippen molar-refractivity contribution < 1.29 is 4.79 Å². The van der Waals surface area contributed by atoms with Crippen LogP contribution in [0, 0.1) is 0 Å². The molecule has 1 aliphatic rings. The molecule has 6 rings (SSSR count). The van der Waals surface area contributed by atoms with Gasteiger partial charge in [0.2, 0.25) is 5.95 Å². The molecule has 0 saturated heterocycles. The number of anilines is 3. The molecule has 1 aliphatic carbocycles. The number of imidazole rings is 1. The van der Waals surface area contributed by atoms with E-state index in [1.807, 2.05) is 60.1 Å². The fraction of sp³-hybridized carbons (Fsp3) is 0.0435. The van der Waals surface area contributed by atoms with Gasteiger partial charge in [0, 0.05) is 29.2 Å². The molecule has 3 N–H and O–H groups in total. The predicted molar refractivity (Wildman–Crippen MR) is 117 cm³/mol. The van der Waals surface area contributed by atoms with Gasteiger partial charge in [-0.3, -0.25) is 9.36 Å². The monoisotopic (exact) mass is 392 g/mol. The van der Waals surface area contributed by atoms with Gasteiger partial charge in [-0.15, -0.1) is 0 Å². The molecule has 2 heterocycles. The summed E-state index contributed by atoms with van der Waals surface area (Å²) in [6.07, 6.45) is 1.43. The van der Waals surface area contributed by atoms with Gasteiger partial charge >= 0.3 is 0 Å². The lowest BCUT2D eigenvalue weighted by Gasteiger charge is -2.21. The fourth-order valence-corrected chi connectivity index (χ4v) is 4.22. The molecule has 5 aromatic rings. The van der Waals surface area contributed by atoms with Gasteiger partial charge in [-0.1, -0.05) is 42.5 Å². The Morgan fingerprint density at radius 2 is 1.73 bits per heavy atom. The largest absolute Gasteiger partial charge is 0.382 e. The number of carbonyl (C=O) groups is 1. The summed E-state index contributed by atoms with van der Waals surface area (Å²) < 4.78 is 1.84. The SMILES string of the molecule is Cn1c(Nc2cc3c4c(cccc4c2)C(=O)c2ccccc2-3)nc2c(N)ncnc21. The van der Waals surface area contributed by atoms with Gasteiger partial charge in [0.15, 0.2) is 22.8 Å². The highest BCUT2D eigenvalue weighted by Gasteiger charge is 2.25. The summed E-state index contributed by atoms with van der Waals surface area (Å²) in [5.41, 5.74) is 11.5. The molecule has 0 atom stereocenters. The molecule has 0 amide bonds. The van der Waals surface area contributed by atoms with Crippen molar-refractivity contribution in [1.82, 2.24) is 19.5 Å². The zero-order valence-corrected chi connectivity index (χ0v) is 16.0. The molecule has 0 fully saturated rings. The molecule has 0 saturated carbocycles. The minimum atomic E-state index is 0.0637. The lowest BCUT2D eigenvalue weighted by Crippen LogP contribution is -2.10. The van der Waals surface area contributed by atoms with Gasteiger partial charge in [-0.2, -0.15) is 0 Å². The summed E-state index contributed by atoms with van der Waals surface area (Å²) in [5, 5.41) is 5.36. The Morgan fingerprint density at radius 3 is 2.57 bits per heavy atom. The summed E-state index contributed by atoms with van der Waals surface area (Å²) in [6, 6.07) is 17.6. The van der Waals surface area contributed by atoms with E-state index >= 15 is 0 Å². The number of fused-ring (bicyclic) bond motifs is 3. The minimum absolute atomic E-state index is 0.0637. The third-order valence-corrected chi connectivity index (χ3v) is 5.62. The quantitative estimate of drug-likeness (QED) is 0.461. The molecule has 0 radical (unpaired) electrons. The highest BCUT2D eigenvalue weighted by molar-refractivity contribution is 6.26. The number of nitrogens with two attached hydrogens (primary N) is 1.